The summed E-state index contributed by atoms with van der Waals surface area (Å²) in [6.45, 7) is 4.00. The monoisotopic (exact) mass is 152 g/mol. The molecule has 62 valence electrons. The van der Waals surface area contributed by atoms with E-state index >= 15 is 0 Å². The molecule has 1 aliphatic rings. The van der Waals surface area contributed by atoms with Crippen molar-refractivity contribution in [3.8, 4) is 0 Å². The molecule has 0 aromatic rings. The van der Waals surface area contributed by atoms with E-state index in [2.05, 4.69) is 12.2 Å². The fourth-order valence-electron chi connectivity index (χ4n) is 0.696. The van der Waals surface area contributed by atoms with Crippen molar-refractivity contribution in [3.05, 3.63) is 36.1 Å². The van der Waals surface area contributed by atoms with Crippen molar-refractivity contribution in [2.24, 2.45) is 0 Å². The van der Waals surface area contributed by atoms with Crippen LogP contribution in [0.4, 0.5) is 0 Å². The Morgan fingerprint density at radius 1 is 1.27 bits per heavy atom. The van der Waals surface area contributed by atoms with Gasteiger partial charge in [-0.15, -0.1) is 0 Å². The third-order valence-electron chi connectivity index (χ3n) is 1.19. The molecule has 1 nitrogen and oxygen atoms in total. The molecule has 0 aliphatic heterocycles. The van der Waals surface area contributed by atoms with E-state index < -0.39 is 0 Å². The number of rotatable bonds is 1. The van der Waals surface area contributed by atoms with Crippen LogP contribution in [0, 0.1) is 0 Å². The average molecular weight is 152 g/mol. The molecule has 0 aromatic heterocycles. The van der Waals surface area contributed by atoms with E-state index in [1.165, 1.54) is 0 Å². The smallest absolute Gasteiger partial charge is 0.118 e. The van der Waals surface area contributed by atoms with Gasteiger partial charge in [-0.05, 0) is 18.6 Å². The van der Waals surface area contributed by atoms with Crippen molar-refractivity contribution in [3.63, 3.8) is 0 Å². The van der Waals surface area contributed by atoms with Crippen molar-refractivity contribution in [1.29, 1.82) is 0 Å². The Hall–Kier alpha value is -0.980. The fraction of sp³-hybridized carbons (Fsp3) is 0.400. The van der Waals surface area contributed by atoms with Crippen LogP contribution in [0.3, 0.4) is 0 Å². The topological polar surface area (TPSA) is 9.23 Å². The highest BCUT2D eigenvalue weighted by molar-refractivity contribution is 5.22. The zero-order valence-electron chi connectivity index (χ0n) is 7.50. The molecule has 0 fully saturated rings. The van der Waals surface area contributed by atoms with Gasteiger partial charge in [0.15, 0.2) is 0 Å². The van der Waals surface area contributed by atoms with Gasteiger partial charge in [0.25, 0.3) is 0 Å². The molecule has 0 unspecified atom stereocenters. The standard InChI is InChI=1S/C8H10O.C2H6/c1-9-8-6-4-2-3-5-7-8;1-2/h2,4-7H,3H2,1H3;1-2H3. The van der Waals surface area contributed by atoms with Crippen LogP contribution in [-0.2, 0) is 4.74 Å². The van der Waals surface area contributed by atoms with Crippen molar-refractivity contribution < 1.29 is 4.74 Å². The van der Waals surface area contributed by atoms with Gasteiger partial charge in [0, 0.05) is 0 Å². The lowest BCUT2D eigenvalue weighted by Gasteiger charge is -1.94. The van der Waals surface area contributed by atoms with Gasteiger partial charge in [-0.2, -0.15) is 0 Å². The highest BCUT2D eigenvalue weighted by Crippen LogP contribution is 2.03. The lowest BCUT2D eigenvalue weighted by atomic mass is 10.4. The van der Waals surface area contributed by atoms with Crippen LogP contribution in [-0.4, -0.2) is 7.11 Å². The van der Waals surface area contributed by atoms with E-state index in [0.29, 0.717) is 0 Å². The van der Waals surface area contributed by atoms with Gasteiger partial charge < -0.3 is 4.74 Å². The van der Waals surface area contributed by atoms with Gasteiger partial charge in [0.1, 0.15) is 5.76 Å². The minimum Gasteiger partial charge on any atom is -0.497 e. The van der Waals surface area contributed by atoms with Gasteiger partial charge >= 0.3 is 0 Å². The molecular weight excluding hydrogens is 136 g/mol. The Morgan fingerprint density at radius 3 is 2.64 bits per heavy atom. The minimum atomic E-state index is 0.920. The highest BCUT2D eigenvalue weighted by Gasteiger charge is 1.87. The predicted octanol–water partition coefficient (Wildman–Crippen LogP) is 3.06. The molecule has 1 aliphatic carbocycles. The molecule has 0 atom stereocenters. The summed E-state index contributed by atoms with van der Waals surface area (Å²) in [6.07, 6.45) is 11.1. The maximum Gasteiger partial charge on any atom is 0.118 e. The first kappa shape index (κ1) is 10.0. The van der Waals surface area contributed by atoms with Crippen molar-refractivity contribution >= 4 is 0 Å². The lowest BCUT2D eigenvalue weighted by Crippen LogP contribution is -1.77. The normalized spacial score (nSPS) is 14.3. The molecule has 1 rings (SSSR count). The van der Waals surface area contributed by atoms with Crippen LogP contribution >= 0.6 is 0 Å². The van der Waals surface area contributed by atoms with E-state index in [1.807, 2.05) is 32.1 Å². The molecule has 0 amide bonds. The summed E-state index contributed by atoms with van der Waals surface area (Å²) in [4.78, 5) is 0. The Bertz CT molecular complexity index is 164. The predicted molar refractivity (Wildman–Crippen MR) is 49.3 cm³/mol. The molecule has 0 saturated heterocycles. The minimum absolute atomic E-state index is 0.920. The number of hydrogen-bond acceptors (Lipinski definition) is 1. The number of methoxy groups -OCH3 is 1. The van der Waals surface area contributed by atoms with Crippen molar-refractivity contribution in [2.75, 3.05) is 7.11 Å². The van der Waals surface area contributed by atoms with Crippen LogP contribution in [0.15, 0.2) is 36.1 Å². The third kappa shape index (κ3) is 4.43. The van der Waals surface area contributed by atoms with Gasteiger partial charge in [0.05, 0.1) is 7.11 Å². The first-order valence-corrected chi connectivity index (χ1v) is 4.01. The number of allylic oxidation sites excluding steroid dienone is 5. The van der Waals surface area contributed by atoms with Crippen LogP contribution in [0.2, 0.25) is 0 Å². The van der Waals surface area contributed by atoms with Crippen LogP contribution in [0.1, 0.15) is 20.3 Å². The largest absolute Gasteiger partial charge is 0.497 e. The van der Waals surface area contributed by atoms with E-state index in [9.17, 15) is 0 Å². The van der Waals surface area contributed by atoms with Crippen molar-refractivity contribution in [1.82, 2.24) is 0 Å². The Kier molecular flexibility index (Phi) is 6.50. The molecular formula is C10H16O. The van der Waals surface area contributed by atoms with E-state index in [0.717, 1.165) is 12.2 Å². The zero-order valence-corrected chi connectivity index (χ0v) is 7.50. The molecule has 0 heterocycles. The number of hydrogen-bond donors (Lipinski definition) is 0. The summed E-state index contributed by atoms with van der Waals surface area (Å²) in [5.41, 5.74) is 0. The molecule has 11 heavy (non-hydrogen) atoms. The molecule has 1 heteroatoms. The van der Waals surface area contributed by atoms with E-state index in [1.54, 1.807) is 7.11 Å². The second-order valence-electron chi connectivity index (χ2n) is 1.84. The first-order chi connectivity index (χ1) is 5.43. The van der Waals surface area contributed by atoms with Gasteiger partial charge in [0.2, 0.25) is 0 Å². The van der Waals surface area contributed by atoms with Gasteiger partial charge in [-0.1, -0.05) is 32.1 Å². The fourth-order valence-corrected chi connectivity index (χ4v) is 0.696. The summed E-state index contributed by atoms with van der Waals surface area (Å²) in [6, 6.07) is 0. The van der Waals surface area contributed by atoms with Gasteiger partial charge in [-0.25, -0.2) is 0 Å². The second-order valence-corrected chi connectivity index (χ2v) is 1.84. The molecule has 0 saturated carbocycles. The quantitative estimate of drug-likeness (QED) is 0.561. The average Bonchev–Trinajstić information content (AvgIpc) is 2.35. The summed E-state index contributed by atoms with van der Waals surface area (Å²) in [7, 11) is 1.68. The van der Waals surface area contributed by atoms with E-state index in [4.69, 9.17) is 4.74 Å². The Morgan fingerprint density at radius 2 is 2.00 bits per heavy atom. The summed E-state index contributed by atoms with van der Waals surface area (Å²) >= 11 is 0. The summed E-state index contributed by atoms with van der Waals surface area (Å²) in [5, 5.41) is 0. The maximum absolute atomic E-state index is 4.99. The third-order valence-corrected chi connectivity index (χ3v) is 1.19. The highest BCUT2D eigenvalue weighted by atomic mass is 16.5. The molecule has 0 aromatic carbocycles. The van der Waals surface area contributed by atoms with Crippen LogP contribution < -0.4 is 0 Å². The first-order valence-electron chi connectivity index (χ1n) is 4.01. The molecule has 0 N–H and O–H groups in total. The van der Waals surface area contributed by atoms with Crippen LogP contribution in [0.5, 0.6) is 0 Å². The Labute approximate surface area is 69.1 Å². The molecule has 0 bridgehead atoms. The van der Waals surface area contributed by atoms with E-state index in [-0.39, 0.29) is 0 Å². The molecule has 0 spiro atoms. The number of ether oxygens (including phenoxy) is 1. The second kappa shape index (κ2) is 7.13. The van der Waals surface area contributed by atoms with Crippen molar-refractivity contribution in [2.45, 2.75) is 20.3 Å². The Balaban J connectivity index is 0.000000461. The lowest BCUT2D eigenvalue weighted by molar-refractivity contribution is 0.307. The van der Waals surface area contributed by atoms with Crippen LogP contribution in [0.25, 0.3) is 0 Å². The van der Waals surface area contributed by atoms with Gasteiger partial charge in [-0.3, -0.25) is 0 Å². The molecule has 0 radical (unpaired) electrons. The summed E-state index contributed by atoms with van der Waals surface area (Å²) in [5.74, 6) is 0.920. The SMILES string of the molecule is CC.COC1=CC=CCC=C1. The summed E-state index contributed by atoms with van der Waals surface area (Å²) < 4.78 is 4.99. The zero-order chi connectivity index (χ0) is 8.53. The maximum atomic E-state index is 4.99.